The normalized spacial score (nSPS) is 10.5. The zero-order valence-electron chi connectivity index (χ0n) is 12.6. The Morgan fingerprint density at radius 3 is 1.82 bits per heavy atom. The lowest BCUT2D eigenvalue weighted by molar-refractivity contribution is 0.124. The first-order valence-electron chi connectivity index (χ1n) is 7.68. The highest BCUT2D eigenvalue weighted by Crippen LogP contribution is 2.19. The number of ether oxygens (including phenoxy) is 1. The van der Waals surface area contributed by atoms with Gasteiger partial charge in [-0.05, 0) is 28.7 Å². The lowest BCUT2D eigenvalue weighted by Crippen LogP contribution is -1.99. The quantitative estimate of drug-likeness (QED) is 0.572. The van der Waals surface area contributed by atoms with Crippen molar-refractivity contribution in [3.63, 3.8) is 0 Å². The van der Waals surface area contributed by atoms with E-state index in [1.807, 2.05) is 12.1 Å². The molecule has 0 fully saturated rings. The zero-order valence-corrected chi connectivity index (χ0v) is 12.6. The van der Waals surface area contributed by atoms with E-state index in [1.54, 1.807) is 0 Å². The lowest BCUT2D eigenvalue weighted by atomic mass is 10.0. The van der Waals surface area contributed by atoms with Crippen LogP contribution in [-0.2, 0) is 17.8 Å². The highest BCUT2D eigenvalue weighted by molar-refractivity contribution is 5.63. The van der Waals surface area contributed by atoms with Gasteiger partial charge in [-0.1, -0.05) is 84.9 Å². The van der Waals surface area contributed by atoms with Gasteiger partial charge in [-0.15, -0.1) is 0 Å². The Bertz CT molecular complexity index is 672. The van der Waals surface area contributed by atoms with Crippen LogP contribution in [0.2, 0.25) is 0 Å². The van der Waals surface area contributed by atoms with Crippen LogP contribution in [0, 0.1) is 0 Å². The topological polar surface area (TPSA) is 9.23 Å². The van der Waals surface area contributed by atoms with Gasteiger partial charge in [0, 0.05) is 0 Å². The van der Waals surface area contributed by atoms with Gasteiger partial charge in [-0.25, -0.2) is 0 Å². The summed E-state index contributed by atoms with van der Waals surface area (Å²) < 4.78 is 5.77. The minimum atomic E-state index is 0.669. The number of benzene rings is 3. The molecule has 3 aromatic carbocycles. The highest BCUT2D eigenvalue weighted by atomic mass is 16.5. The largest absolute Gasteiger partial charge is 0.376 e. The molecule has 0 N–H and O–H groups in total. The van der Waals surface area contributed by atoms with Crippen LogP contribution in [0.5, 0.6) is 0 Å². The second-order valence-corrected chi connectivity index (χ2v) is 5.35. The molecule has 0 spiro atoms. The van der Waals surface area contributed by atoms with Crippen LogP contribution in [0.15, 0.2) is 84.9 Å². The van der Waals surface area contributed by atoms with E-state index in [0.717, 1.165) is 13.0 Å². The van der Waals surface area contributed by atoms with Crippen molar-refractivity contribution in [2.45, 2.75) is 13.0 Å². The standard InChI is InChI=1S/C21H20O/c1-3-7-18(8-4-1)15-16-22-17-19-11-13-21(14-12-19)20-9-5-2-6-10-20/h1-14H,15-17H2. The Morgan fingerprint density at radius 2 is 1.14 bits per heavy atom. The Hall–Kier alpha value is -2.38. The maximum absolute atomic E-state index is 5.77. The smallest absolute Gasteiger partial charge is 0.0717 e. The molecule has 22 heavy (non-hydrogen) atoms. The van der Waals surface area contributed by atoms with Gasteiger partial charge in [-0.2, -0.15) is 0 Å². The molecular weight excluding hydrogens is 268 g/mol. The number of rotatable bonds is 6. The second-order valence-electron chi connectivity index (χ2n) is 5.35. The van der Waals surface area contributed by atoms with E-state index in [1.165, 1.54) is 22.3 Å². The van der Waals surface area contributed by atoms with Gasteiger partial charge in [0.2, 0.25) is 0 Å². The van der Waals surface area contributed by atoms with E-state index in [4.69, 9.17) is 4.74 Å². The lowest BCUT2D eigenvalue weighted by Gasteiger charge is -2.06. The molecule has 0 aliphatic rings. The Kier molecular flexibility index (Phi) is 5.01. The third-order valence-electron chi connectivity index (χ3n) is 3.71. The summed E-state index contributed by atoms with van der Waals surface area (Å²) in [5.74, 6) is 0. The van der Waals surface area contributed by atoms with Crippen molar-refractivity contribution in [3.8, 4) is 11.1 Å². The van der Waals surface area contributed by atoms with Crippen molar-refractivity contribution < 1.29 is 4.74 Å². The monoisotopic (exact) mass is 288 g/mol. The van der Waals surface area contributed by atoms with Crippen molar-refractivity contribution in [2.24, 2.45) is 0 Å². The molecule has 0 saturated carbocycles. The molecule has 0 radical (unpaired) electrons. The zero-order chi connectivity index (χ0) is 15.0. The van der Waals surface area contributed by atoms with E-state index in [2.05, 4.69) is 72.8 Å². The van der Waals surface area contributed by atoms with Gasteiger partial charge >= 0.3 is 0 Å². The van der Waals surface area contributed by atoms with Crippen LogP contribution in [-0.4, -0.2) is 6.61 Å². The molecule has 0 bridgehead atoms. The molecule has 0 aromatic heterocycles. The first-order valence-corrected chi connectivity index (χ1v) is 7.68. The van der Waals surface area contributed by atoms with Crippen molar-refractivity contribution in [1.82, 2.24) is 0 Å². The summed E-state index contributed by atoms with van der Waals surface area (Å²) >= 11 is 0. The van der Waals surface area contributed by atoms with Crippen molar-refractivity contribution >= 4 is 0 Å². The average molecular weight is 288 g/mol. The minimum absolute atomic E-state index is 0.669. The second kappa shape index (κ2) is 7.58. The molecule has 1 nitrogen and oxygen atoms in total. The average Bonchev–Trinajstić information content (AvgIpc) is 2.61. The van der Waals surface area contributed by atoms with Crippen molar-refractivity contribution in [3.05, 3.63) is 96.1 Å². The van der Waals surface area contributed by atoms with Gasteiger partial charge in [0.15, 0.2) is 0 Å². The molecule has 110 valence electrons. The van der Waals surface area contributed by atoms with Crippen LogP contribution in [0.4, 0.5) is 0 Å². The molecule has 0 aliphatic carbocycles. The maximum Gasteiger partial charge on any atom is 0.0717 e. The van der Waals surface area contributed by atoms with Crippen LogP contribution in [0.1, 0.15) is 11.1 Å². The summed E-state index contributed by atoms with van der Waals surface area (Å²) in [5, 5.41) is 0. The summed E-state index contributed by atoms with van der Waals surface area (Å²) in [4.78, 5) is 0. The van der Waals surface area contributed by atoms with Crippen LogP contribution >= 0.6 is 0 Å². The third-order valence-corrected chi connectivity index (χ3v) is 3.71. The van der Waals surface area contributed by atoms with Crippen LogP contribution < -0.4 is 0 Å². The van der Waals surface area contributed by atoms with E-state index in [9.17, 15) is 0 Å². The van der Waals surface area contributed by atoms with Gasteiger partial charge in [-0.3, -0.25) is 0 Å². The fraction of sp³-hybridized carbons (Fsp3) is 0.143. The first kappa shape index (κ1) is 14.6. The fourth-order valence-corrected chi connectivity index (χ4v) is 2.45. The minimum Gasteiger partial charge on any atom is -0.376 e. The summed E-state index contributed by atoms with van der Waals surface area (Å²) in [6.45, 7) is 1.42. The van der Waals surface area contributed by atoms with Crippen LogP contribution in [0.3, 0.4) is 0 Å². The predicted molar refractivity (Wildman–Crippen MR) is 91.7 cm³/mol. The molecule has 3 aromatic rings. The van der Waals surface area contributed by atoms with E-state index in [0.29, 0.717) is 6.61 Å². The number of hydrogen-bond acceptors (Lipinski definition) is 1. The Balaban J connectivity index is 1.49. The van der Waals surface area contributed by atoms with Crippen molar-refractivity contribution in [1.29, 1.82) is 0 Å². The van der Waals surface area contributed by atoms with Gasteiger partial charge in [0.1, 0.15) is 0 Å². The van der Waals surface area contributed by atoms with E-state index in [-0.39, 0.29) is 0 Å². The first-order chi connectivity index (χ1) is 10.9. The molecule has 0 saturated heterocycles. The van der Waals surface area contributed by atoms with E-state index < -0.39 is 0 Å². The molecule has 1 heteroatoms. The molecule has 3 rings (SSSR count). The maximum atomic E-state index is 5.77. The van der Waals surface area contributed by atoms with Gasteiger partial charge in [0.05, 0.1) is 13.2 Å². The van der Waals surface area contributed by atoms with Crippen LogP contribution in [0.25, 0.3) is 11.1 Å². The molecule has 0 aliphatic heterocycles. The third kappa shape index (κ3) is 4.06. The number of hydrogen-bond donors (Lipinski definition) is 0. The molecule has 0 amide bonds. The molecule has 0 heterocycles. The summed E-state index contributed by atoms with van der Waals surface area (Å²) in [6.07, 6.45) is 0.961. The molecule has 0 atom stereocenters. The molecular formula is C21H20O. The SMILES string of the molecule is c1ccc(CCOCc2ccc(-c3ccccc3)cc2)cc1. The fourth-order valence-electron chi connectivity index (χ4n) is 2.45. The van der Waals surface area contributed by atoms with Gasteiger partial charge in [0.25, 0.3) is 0 Å². The van der Waals surface area contributed by atoms with Gasteiger partial charge < -0.3 is 4.74 Å². The summed E-state index contributed by atoms with van der Waals surface area (Å²) in [5.41, 5.74) is 5.03. The summed E-state index contributed by atoms with van der Waals surface area (Å²) in [7, 11) is 0. The molecule has 0 unspecified atom stereocenters. The van der Waals surface area contributed by atoms with E-state index >= 15 is 0 Å². The predicted octanol–water partition coefficient (Wildman–Crippen LogP) is 5.11. The Labute approximate surface area is 132 Å². The highest BCUT2D eigenvalue weighted by Gasteiger charge is 1.98. The summed E-state index contributed by atoms with van der Waals surface area (Å²) in [6, 6.07) is 29.5. The Morgan fingerprint density at radius 1 is 0.545 bits per heavy atom. The van der Waals surface area contributed by atoms with Crippen molar-refractivity contribution in [2.75, 3.05) is 6.61 Å².